The van der Waals surface area contributed by atoms with Crippen LogP contribution >= 0.6 is 23.4 Å². The summed E-state index contributed by atoms with van der Waals surface area (Å²) >= 11 is 6.76. The number of carbonyl (C=O) groups excluding carboxylic acids is 2. The fourth-order valence-electron chi connectivity index (χ4n) is 1.39. The SMILES string of the molecule is COC(=O)C1=CCC(CCCC(=O)Cl)S1. The summed E-state index contributed by atoms with van der Waals surface area (Å²) in [5.74, 6) is -0.268. The molecule has 5 heteroatoms. The molecule has 1 rings (SSSR count). The summed E-state index contributed by atoms with van der Waals surface area (Å²) in [5, 5.41) is 0.0919. The van der Waals surface area contributed by atoms with Crippen LogP contribution in [0.2, 0.25) is 0 Å². The topological polar surface area (TPSA) is 43.4 Å². The first-order chi connectivity index (χ1) is 7.13. The molecule has 1 aliphatic heterocycles. The first kappa shape index (κ1) is 12.6. The minimum atomic E-state index is -0.292. The van der Waals surface area contributed by atoms with Gasteiger partial charge in [0.2, 0.25) is 5.24 Å². The maximum absolute atomic E-state index is 11.2. The Morgan fingerprint density at radius 3 is 3.00 bits per heavy atom. The maximum Gasteiger partial charge on any atom is 0.344 e. The molecule has 1 heterocycles. The van der Waals surface area contributed by atoms with Crippen molar-refractivity contribution in [3.05, 3.63) is 11.0 Å². The van der Waals surface area contributed by atoms with E-state index in [4.69, 9.17) is 11.6 Å². The largest absolute Gasteiger partial charge is 0.465 e. The molecule has 3 nitrogen and oxygen atoms in total. The molecular formula is C10H13ClO3S. The molecule has 0 saturated heterocycles. The van der Waals surface area contributed by atoms with Gasteiger partial charge in [-0.25, -0.2) is 4.79 Å². The fraction of sp³-hybridized carbons (Fsp3) is 0.600. The third-order valence-corrected chi connectivity index (χ3v) is 3.68. The predicted octanol–water partition coefficient (Wildman–Crippen LogP) is 2.48. The van der Waals surface area contributed by atoms with Crippen molar-refractivity contribution >= 4 is 34.6 Å². The number of allylic oxidation sites excluding steroid dienone is 1. The Morgan fingerprint density at radius 1 is 1.67 bits per heavy atom. The van der Waals surface area contributed by atoms with Crippen LogP contribution in [0.4, 0.5) is 0 Å². The number of halogens is 1. The van der Waals surface area contributed by atoms with Gasteiger partial charge >= 0.3 is 5.97 Å². The van der Waals surface area contributed by atoms with Crippen molar-refractivity contribution in [2.45, 2.75) is 30.9 Å². The zero-order valence-corrected chi connectivity index (χ0v) is 10.1. The van der Waals surface area contributed by atoms with E-state index >= 15 is 0 Å². The van der Waals surface area contributed by atoms with Gasteiger partial charge in [0.15, 0.2) is 0 Å². The van der Waals surface area contributed by atoms with Crippen LogP contribution in [0.15, 0.2) is 11.0 Å². The maximum atomic E-state index is 11.2. The molecule has 0 amide bonds. The minimum Gasteiger partial charge on any atom is -0.465 e. The Labute approximate surface area is 98.2 Å². The van der Waals surface area contributed by atoms with Crippen molar-refractivity contribution in [1.82, 2.24) is 0 Å². The summed E-state index contributed by atoms with van der Waals surface area (Å²) in [6, 6.07) is 0. The highest BCUT2D eigenvalue weighted by Crippen LogP contribution is 2.35. The van der Waals surface area contributed by atoms with Gasteiger partial charge in [0.25, 0.3) is 0 Å². The lowest BCUT2D eigenvalue weighted by Gasteiger charge is -2.07. The van der Waals surface area contributed by atoms with E-state index < -0.39 is 0 Å². The molecule has 1 aliphatic rings. The number of esters is 1. The van der Waals surface area contributed by atoms with Gasteiger partial charge < -0.3 is 4.74 Å². The highest BCUT2D eigenvalue weighted by molar-refractivity contribution is 8.04. The van der Waals surface area contributed by atoms with Crippen molar-refractivity contribution in [2.75, 3.05) is 7.11 Å². The van der Waals surface area contributed by atoms with E-state index in [1.165, 1.54) is 18.9 Å². The number of hydrogen-bond donors (Lipinski definition) is 0. The Balaban J connectivity index is 2.22. The molecule has 0 fully saturated rings. The van der Waals surface area contributed by atoms with E-state index in [9.17, 15) is 9.59 Å². The first-order valence-electron chi connectivity index (χ1n) is 4.77. The van der Waals surface area contributed by atoms with Crippen molar-refractivity contribution in [3.63, 3.8) is 0 Å². The van der Waals surface area contributed by atoms with Gasteiger partial charge in [-0.3, -0.25) is 4.79 Å². The van der Waals surface area contributed by atoms with Crippen LogP contribution in [-0.4, -0.2) is 23.6 Å². The molecule has 0 spiro atoms. The van der Waals surface area contributed by atoms with Crippen LogP contribution < -0.4 is 0 Å². The normalized spacial score (nSPS) is 19.9. The van der Waals surface area contributed by atoms with E-state index in [0.29, 0.717) is 16.6 Å². The molecule has 0 radical (unpaired) electrons. The summed E-state index contributed by atoms with van der Waals surface area (Å²) in [7, 11) is 1.38. The standard InChI is InChI=1S/C10H13ClO3S/c1-14-10(13)8-6-5-7(15-8)3-2-4-9(11)12/h6-7H,2-5H2,1H3. The van der Waals surface area contributed by atoms with Crippen LogP contribution in [0, 0.1) is 0 Å². The van der Waals surface area contributed by atoms with E-state index in [1.54, 1.807) is 0 Å². The highest BCUT2D eigenvalue weighted by atomic mass is 35.5. The van der Waals surface area contributed by atoms with Crippen LogP contribution in [0.25, 0.3) is 0 Å². The molecule has 1 unspecified atom stereocenters. The number of hydrogen-bond acceptors (Lipinski definition) is 4. The highest BCUT2D eigenvalue weighted by Gasteiger charge is 2.22. The second-order valence-corrected chi connectivity index (χ2v) is 5.05. The summed E-state index contributed by atoms with van der Waals surface area (Å²) in [4.78, 5) is 22.3. The molecule has 0 aromatic heterocycles. The Hall–Kier alpha value is -0.480. The molecule has 0 aliphatic carbocycles. The summed E-state index contributed by atoms with van der Waals surface area (Å²) in [5.41, 5.74) is 0. The summed E-state index contributed by atoms with van der Waals surface area (Å²) in [6.07, 6.45) is 4.85. The third kappa shape index (κ3) is 4.26. The Kier molecular flexibility index (Phi) is 5.19. The van der Waals surface area contributed by atoms with Crippen LogP contribution in [0.5, 0.6) is 0 Å². The lowest BCUT2D eigenvalue weighted by atomic mass is 10.1. The molecule has 0 N–H and O–H groups in total. The van der Waals surface area contributed by atoms with Crippen molar-refractivity contribution in [2.24, 2.45) is 0 Å². The lowest BCUT2D eigenvalue weighted by Crippen LogP contribution is -2.02. The third-order valence-electron chi connectivity index (χ3n) is 2.15. The fourth-order valence-corrected chi connectivity index (χ4v) is 2.73. The number of methoxy groups -OCH3 is 1. The number of ether oxygens (including phenoxy) is 1. The van der Waals surface area contributed by atoms with Crippen LogP contribution in [0.1, 0.15) is 25.7 Å². The van der Waals surface area contributed by atoms with E-state index in [2.05, 4.69) is 4.74 Å². The molecule has 0 bridgehead atoms. The smallest absolute Gasteiger partial charge is 0.344 e. The zero-order chi connectivity index (χ0) is 11.3. The predicted molar refractivity (Wildman–Crippen MR) is 60.8 cm³/mol. The monoisotopic (exact) mass is 248 g/mol. The Bertz CT molecular complexity index is 288. The average Bonchev–Trinajstić information content (AvgIpc) is 2.65. The molecule has 84 valence electrons. The molecule has 0 saturated carbocycles. The average molecular weight is 249 g/mol. The quantitative estimate of drug-likeness (QED) is 0.554. The zero-order valence-electron chi connectivity index (χ0n) is 8.49. The summed E-state index contributed by atoms with van der Waals surface area (Å²) in [6.45, 7) is 0. The van der Waals surface area contributed by atoms with Crippen LogP contribution in [-0.2, 0) is 14.3 Å². The molecular weight excluding hydrogens is 236 g/mol. The van der Waals surface area contributed by atoms with E-state index in [1.807, 2.05) is 6.08 Å². The van der Waals surface area contributed by atoms with Gasteiger partial charge in [-0.1, -0.05) is 6.08 Å². The van der Waals surface area contributed by atoms with Gasteiger partial charge in [-0.05, 0) is 30.9 Å². The van der Waals surface area contributed by atoms with E-state index in [-0.39, 0.29) is 11.2 Å². The number of carbonyl (C=O) groups is 2. The van der Waals surface area contributed by atoms with Crippen molar-refractivity contribution in [1.29, 1.82) is 0 Å². The van der Waals surface area contributed by atoms with Gasteiger partial charge in [0.1, 0.15) is 0 Å². The molecule has 15 heavy (non-hydrogen) atoms. The van der Waals surface area contributed by atoms with Gasteiger partial charge in [0.05, 0.1) is 12.0 Å². The van der Waals surface area contributed by atoms with Crippen molar-refractivity contribution in [3.8, 4) is 0 Å². The van der Waals surface area contributed by atoms with Gasteiger partial charge in [-0.2, -0.15) is 0 Å². The second-order valence-electron chi connectivity index (χ2n) is 3.28. The Morgan fingerprint density at radius 2 is 2.40 bits per heavy atom. The lowest BCUT2D eigenvalue weighted by molar-refractivity contribution is -0.135. The first-order valence-corrected chi connectivity index (χ1v) is 6.02. The van der Waals surface area contributed by atoms with Gasteiger partial charge in [-0.15, -0.1) is 11.8 Å². The number of rotatable bonds is 5. The molecule has 1 atom stereocenters. The van der Waals surface area contributed by atoms with Crippen molar-refractivity contribution < 1.29 is 14.3 Å². The summed E-state index contributed by atoms with van der Waals surface area (Å²) < 4.78 is 4.62. The second kappa shape index (κ2) is 6.18. The van der Waals surface area contributed by atoms with Gasteiger partial charge in [0, 0.05) is 11.7 Å². The minimum absolute atomic E-state index is 0.268. The van der Waals surface area contributed by atoms with Crippen LogP contribution in [0.3, 0.4) is 0 Å². The molecule has 0 aromatic carbocycles. The number of thioether (sulfide) groups is 1. The molecule has 0 aromatic rings. The van der Waals surface area contributed by atoms with E-state index in [0.717, 1.165) is 19.3 Å².